The average molecular weight is 276 g/mol. The molecule has 1 aromatic carbocycles. The first-order chi connectivity index (χ1) is 9.47. The first-order valence-corrected chi connectivity index (χ1v) is 6.68. The highest BCUT2D eigenvalue weighted by atomic mass is 16.1. The Morgan fingerprint density at radius 1 is 1.30 bits per heavy atom. The molecule has 0 aliphatic carbocycles. The molecule has 2 amide bonds. The van der Waals surface area contributed by atoms with Crippen molar-refractivity contribution >= 4 is 23.2 Å². The number of carbonyl (C=O) groups is 2. The molecule has 0 radical (unpaired) electrons. The van der Waals surface area contributed by atoms with Gasteiger partial charge in [-0.1, -0.05) is 0 Å². The van der Waals surface area contributed by atoms with Crippen LogP contribution in [0, 0.1) is 0 Å². The molecule has 0 saturated carbocycles. The highest BCUT2D eigenvalue weighted by molar-refractivity contribution is 5.94. The summed E-state index contributed by atoms with van der Waals surface area (Å²) in [6, 6.07) is 5.36. The minimum atomic E-state index is -0.479. The first kappa shape index (κ1) is 14.2. The predicted molar refractivity (Wildman–Crippen MR) is 78.4 cm³/mol. The molecule has 1 fully saturated rings. The number of nitrogens with one attached hydrogen (secondary N) is 1. The van der Waals surface area contributed by atoms with E-state index in [2.05, 4.69) is 10.2 Å². The molecule has 1 saturated heterocycles. The zero-order valence-corrected chi connectivity index (χ0v) is 11.6. The van der Waals surface area contributed by atoms with Crippen molar-refractivity contribution in [2.45, 2.75) is 25.8 Å². The summed E-state index contributed by atoms with van der Waals surface area (Å²) >= 11 is 0. The van der Waals surface area contributed by atoms with E-state index in [9.17, 15) is 9.59 Å². The SMILES string of the molecule is CC(=O)NC1CCN(c2ccc(C(N)=O)cc2N)CC1. The molecule has 0 bridgehead atoms. The molecule has 6 nitrogen and oxygen atoms in total. The van der Waals surface area contributed by atoms with Crippen molar-refractivity contribution in [1.82, 2.24) is 5.32 Å². The maximum Gasteiger partial charge on any atom is 0.248 e. The number of nitrogens with zero attached hydrogens (tertiary/aromatic N) is 1. The summed E-state index contributed by atoms with van der Waals surface area (Å²) in [6.07, 6.45) is 1.77. The summed E-state index contributed by atoms with van der Waals surface area (Å²) in [6.45, 7) is 3.18. The third-order valence-electron chi connectivity index (χ3n) is 3.56. The number of anilines is 2. The zero-order valence-electron chi connectivity index (χ0n) is 11.6. The quantitative estimate of drug-likeness (QED) is 0.698. The number of primary amides is 1. The van der Waals surface area contributed by atoms with E-state index in [1.165, 1.54) is 6.92 Å². The van der Waals surface area contributed by atoms with Crippen LogP contribution in [0.25, 0.3) is 0 Å². The van der Waals surface area contributed by atoms with Crippen molar-refractivity contribution in [3.05, 3.63) is 23.8 Å². The lowest BCUT2D eigenvalue weighted by atomic mass is 10.0. The number of nitrogen functional groups attached to an aromatic ring is 1. The topological polar surface area (TPSA) is 101 Å². The minimum absolute atomic E-state index is 0.00813. The van der Waals surface area contributed by atoms with Gasteiger partial charge in [-0.2, -0.15) is 0 Å². The van der Waals surface area contributed by atoms with Gasteiger partial charge in [-0.15, -0.1) is 0 Å². The summed E-state index contributed by atoms with van der Waals surface area (Å²) in [5, 5.41) is 2.93. The van der Waals surface area contributed by atoms with Crippen LogP contribution < -0.4 is 21.7 Å². The average Bonchev–Trinajstić information content (AvgIpc) is 2.39. The van der Waals surface area contributed by atoms with Gasteiger partial charge in [0, 0.05) is 31.6 Å². The molecule has 6 heteroatoms. The lowest BCUT2D eigenvalue weighted by Gasteiger charge is -2.34. The van der Waals surface area contributed by atoms with Gasteiger partial charge < -0.3 is 21.7 Å². The lowest BCUT2D eigenvalue weighted by molar-refractivity contribution is -0.119. The van der Waals surface area contributed by atoms with Crippen molar-refractivity contribution in [2.75, 3.05) is 23.7 Å². The molecular weight excluding hydrogens is 256 g/mol. The molecule has 1 aliphatic heterocycles. The molecule has 1 aromatic rings. The van der Waals surface area contributed by atoms with Gasteiger partial charge in [0.05, 0.1) is 11.4 Å². The van der Waals surface area contributed by atoms with E-state index in [1.807, 2.05) is 6.07 Å². The molecule has 5 N–H and O–H groups in total. The summed E-state index contributed by atoms with van der Waals surface area (Å²) in [5.74, 6) is -0.471. The summed E-state index contributed by atoms with van der Waals surface area (Å²) in [4.78, 5) is 24.3. The van der Waals surface area contributed by atoms with Crippen molar-refractivity contribution < 1.29 is 9.59 Å². The van der Waals surface area contributed by atoms with E-state index in [0.717, 1.165) is 31.6 Å². The van der Waals surface area contributed by atoms with Gasteiger partial charge >= 0.3 is 0 Å². The van der Waals surface area contributed by atoms with Crippen LogP contribution in [0.3, 0.4) is 0 Å². The van der Waals surface area contributed by atoms with E-state index in [-0.39, 0.29) is 11.9 Å². The molecule has 20 heavy (non-hydrogen) atoms. The second kappa shape index (κ2) is 5.81. The Labute approximate surface area is 118 Å². The Balaban J connectivity index is 2.03. The summed E-state index contributed by atoms with van der Waals surface area (Å²) in [7, 11) is 0. The second-order valence-corrected chi connectivity index (χ2v) is 5.10. The third kappa shape index (κ3) is 3.20. The fourth-order valence-corrected chi connectivity index (χ4v) is 2.55. The van der Waals surface area contributed by atoms with Crippen molar-refractivity contribution in [3.8, 4) is 0 Å². The van der Waals surface area contributed by atoms with Gasteiger partial charge in [-0.3, -0.25) is 9.59 Å². The van der Waals surface area contributed by atoms with E-state index in [1.54, 1.807) is 12.1 Å². The number of benzene rings is 1. The summed E-state index contributed by atoms with van der Waals surface area (Å²) in [5.41, 5.74) is 13.1. The van der Waals surface area contributed by atoms with Crippen LogP contribution in [-0.2, 0) is 4.79 Å². The number of nitrogens with two attached hydrogens (primary N) is 2. The molecule has 108 valence electrons. The molecule has 0 spiro atoms. The van der Waals surface area contributed by atoms with E-state index in [0.29, 0.717) is 11.3 Å². The Hall–Kier alpha value is -2.24. The Bertz CT molecular complexity index is 522. The molecule has 1 aliphatic rings. The molecule has 2 rings (SSSR count). The van der Waals surface area contributed by atoms with Gasteiger partial charge in [0.2, 0.25) is 11.8 Å². The lowest BCUT2D eigenvalue weighted by Crippen LogP contribution is -2.44. The van der Waals surface area contributed by atoms with E-state index < -0.39 is 5.91 Å². The van der Waals surface area contributed by atoms with Crippen LogP contribution in [0.15, 0.2) is 18.2 Å². The number of rotatable bonds is 3. The standard InChI is InChI=1S/C14H20N4O2/c1-9(19)17-11-4-6-18(7-5-11)13-3-2-10(14(16)20)8-12(13)15/h2-3,8,11H,4-7,15H2,1H3,(H2,16,20)(H,17,19). The predicted octanol–water partition coefficient (Wildman–Crippen LogP) is 0.473. The zero-order chi connectivity index (χ0) is 14.7. The van der Waals surface area contributed by atoms with Gasteiger partial charge in [-0.05, 0) is 31.0 Å². The number of hydrogen-bond acceptors (Lipinski definition) is 4. The van der Waals surface area contributed by atoms with Crippen LogP contribution in [0.4, 0.5) is 11.4 Å². The third-order valence-corrected chi connectivity index (χ3v) is 3.56. The molecule has 0 unspecified atom stereocenters. The fourth-order valence-electron chi connectivity index (χ4n) is 2.55. The molecule has 0 aromatic heterocycles. The van der Waals surface area contributed by atoms with E-state index >= 15 is 0 Å². The van der Waals surface area contributed by atoms with Gasteiger partial charge in [-0.25, -0.2) is 0 Å². The fraction of sp³-hybridized carbons (Fsp3) is 0.429. The Morgan fingerprint density at radius 3 is 2.45 bits per heavy atom. The van der Waals surface area contributed by atoms with Gasteiger partial charge in [0.1, 0.15) is 0 Å². The Morgan fingerprint density at radius 2 is 1.95 bits per heavy atom. The van der Waals surface area contributed by atoms with Crippen molar-refractivity contribution in [1.29, 1.82) is 0 Å². The van der Waals surface area contributed by atoms with Crippen LogP contribution in [0.5, 0.6) is 0 Å². The van der Waals surface area contributed by atoms with Crippen LogP contribution in [0.1, 0.15) is 30.1 Å². The van der Waals surface area contributed by atoms with Crippen LogP contribution >= 0.6 is 0 Å². The monoisotopic (exact) mass is 276 g/mol. The Kier molecular flexibility index (Phi) is 4.12. The van der Waals surface area contributed by atoms with E-state index in [4.69, 9.17) is 11.5 Å². The van der Waals surface area contributed by atoms with Crippen molar-refractivity contribution in [3.63, 3.8) is 0 Å². The highest BCUT2D eigenvalue weighted by Gasteiger charge is 2.21. The molecule has 1 heterocycles. The maximum atomic E-state index is 11.1. The highest BCUT2D eigenvalue weighted by Crippen LogP contribution is 2.27. The normalized spacial score (nSPS) is 15.9. The minimum Gasteiger partial charge on any atom is -0.397 e. The van der Waals surface area contributed by atoms with Gasteiger partial charge in [0.25, 0.3) is 0 Å². The number of amides is 2. The van der Waals surface area contributed by atoms with Crippen molar-refractivity contribution in [2.24, 2.45) is 5.73 Å². The number of carbonyl (C=O) groups excluding carboxylic acids is 2. The number of hydrogen-bond donors (Lipinski definition) is 3. The van der Waals surface area contributed by atoms with Crippen LogP contribution in [-0.4, -0.2) is 30.9 Å². The molecular formula is C14H20N4O2. The summed E-state index contributed by atoms with van der Waals surface area (Å²) < 4.78 is 0. The number of piperidine rings is 1. The first-order valence-electron chi connectivity index (χ1n) is 6.68. The smallest absolute Gasteiger partial charge is 0.248 e. The van der Waals surface area contributed by atoms with Crippen LogP contribution in [0.2, 0.25) is 0 Å². The largest absolute Gasteiger partial charge is 0.397 e. The van der Waals surface area contributed by atoms with Gasteiger partial charge in [0.15, 0.2) is 0 Å². The second-order valence-electron chi connectivity index (χ2n) is 5.10. The maximum absolute atomic E-state index is 11.1. The molecule has 0 atom stereocenters.